The first kappa shape index (κ1) is 17.7. The third-order valence-corrected chi connectivity index (χ3v) is 3.54. The van der Waals surface area contributed by atoms with Crippen molar-refractivity contribution in [1.82, 2.24) is 0 Å². The van der Waals surface area contributed by atoms with Crippen molar-refractivity contribution in [1.29, 1.82) is 0 Å². The summed E-state index contributed by atoms with van der Waals surface area (Å²) < 4.78 is 17.9. The van der Waals surface area contributed by atoms with Gasteiger partial charge in [0.1, 0.15) is 12.4 Å². The van der Waals surface area contributed by atoms with Crippen molar-refractivity contribution < 1.29 is 18.7 Å². The maximum atomic E-state index is 12.9. The van der Waals surface area contributed by atoms with Crippen LogP contribution in [0.4, 0.5) is 4.39 Å². The van der Waals surface area contributed by atoms with E-state index >= 15 is 0 Å². The molecule has 0 bridgehead atoms. The van der Waals surface area contributed by atoms with Crippen molar-refractivity contribution in [2.75, 3.05) is 6.61 Å². The maximum absolute atomic E-state index is 12.9. The van der Waals surface area contributed by atoms with Gasteiger partial charge in [-0.15, -0.1) is 0 Å². The summed E-state index contributed by atoms with van der Waals surface area (Å²) in [6.45, 7) is 0.0266. The van der Waals surface area contributed by atoms with Gasteiger partial charge in [0.05, 0.1) is 6.42 Å². The number of esters is 1. The summed E-state index contributed by atoms with van der Waals surface area (Å²) in [5.74, 6) is -1.08. The lowest BCUT2D eigenvalue weighted by Crippen LogP contribution is -2.15. The van der Waals surface area contributed by atoms with Crippen molar-refractivity contribution in [2.24, 2.45) is 5.73 Å². The van der Waals surface area contributed by atoms with E-state index in [1.54, 1.807) is 12.1 Å². The zero-order chi connectivity index (χ0) is 17.4. The first-order valence-electron chi connectivity index (χ1n) is 7.79. The summed E-state index contributed by atoms with van der Waals surface area (Å²) >= 11 is 0. The van der Waals surface area contributed by atoms with E-state index in [1.807, 2.05) is 24.3 Å². The second-order valence-electron chi connectivity index (χ2n) is 5.56. The predicted molar refractivity (Wildman–Crippen MR) is 88.7 cm³/mol. The molecule has 0 aliphatic heterocycles. The second-order valence-corrected chi connectivity index (χ2v) is 5.56. The van der Waals surface area contributed by atoms with Gasteiger partial charge < -0.3 is 10.5 Å². The van der Waals surface area contributed by atoms with Crippen molar-refractivity contribution in [3.8, 4) is 0 Å². The van der Waals surface area contributed by atoms with Crippen molar-refractivity contribution in [3.05, 3.63) is 71.0 Å². The molecule has 0 saturated carbocycles. The second kappa shape index (κ2) is 8.82. The summed E-state index contributed by atoms with van der Waals surface area (Å²) in [7, 11) is 0. The van der Waals surface area contributed by atoms with Gasteiger partial charge in [-0.3, -0.25) is 9.59 Å². The van der Waals surface area contributed by atoms with E-state index in [9.17, 15) is 14.0 Å². The van der Waals surface area contributed by atoms with Crippen LogP contribution >= 0.6 is 0 Å². The molecule has 4 nitrogen and oxygen atoms in total. The number of benzene rings is 2. The number of halogens is 1. The van der Waals surface area contributed by atoms with Gasteiger partial charge in [-0.1, -0.05) is 36.4 Å². The van der Waals surface area contributed by atoms with Crippen LogP contribution in [0.5, 0.6) is 0 Å². The van der Waals surface area contributed by atoms with Crippen LogP contribution in [0, 0.1) is 5.82 Å². The topological polar surface area (TPSA) is 69.4 Å². The fraction of sp³-hybridized carbons (Fsp3) is 0.263. The predicted octanol–water partition coefficient (Wildman–Crippen LogP) is 2.77. The van der Waals surface area contributed by atoms with Crippen LogP contribution < -0.4 is 5.73 Å². The Labute approximate surface area is 140 Å². The first-order chi connectivity index (χ1) is 11.5. The molecule has 0 atom stereocenters. The van der Waals surface area contributed by atoms with Gasteiger partial charge in [-0.2, -0.15) is 0 Å². The lowest BCUT2D eigenvalue weighted by molar-refractivity contribution is -0.144. The summed E-state index contributed by atoms with van der Waals surface area (Å²) in [4.78, 5) is 22.2. The Morgan fingerprint density at radius 3 is 2.38 bits per heavy atom. The highest BCUT2D eigenvalue weighted by Crippen LogP contribution is 2.13. The molecular formula is C19H20FNO3. The van der Waals surface area contributed by atoms with Crippen LogP contribution in [0.15, 0.2) is 48.5 Å². The highest BCUT2D eigenvalue weighted by molar-refractivity contribution is 5.74. The molecule has 24 heavy (non-hydrogen) atoms. The highest BCUT2D eigenvalue weighted by Gasteiger charge is 2.06. The van der Waals surface area contributed by atoms with E-state index in [1.165, 1.54) is 12.1 Å². The number of primary amides is 1. The Bertz CT molecular complexity index is 698. The molecule has 0 heterocycles. The van der Waals surface area contributed by atoms with Crippen LogP contribution in [0.2, 0.25) is 0 Å². The van der Waals surface area contributed by atoms with Crippen LogP contribution in [0.1, 0.15) is 29.5 Å². The summed E-state index contributed by atoms with van der Waals surface area (Å²) in [6, 6.07) is 14.3. The van der Waals surface area contributed by atoms with Gasteiger partial charge in [0.15, 0.2) is 0 Å². The Morgan fingerprint density at radius 1 is 0.958 bits per heavy atom. The van der Waals surface area contributed by atoms with Gasteiger partial charge >= 0.3 is 5.97 Å². The zero-order valence-electron chi connectivity index (χ0n) is 13.3. The van der Waals surface area contributed by atoms with Crippen LogP contribution in [0.3, 0.4) is 0 Å². The summed E-state index contributed by atoms with van der Waals surface area (Å²) in [5, 5.41) is 0. The maximum Gasteiger partial charge on any atom is 0.306 e. The molecule has 0 spiro atoms. The average Bonchev–Trinajstić information content (AvgIpc) is 2.55. The van der Waals surface area contributed by atoms with Gasteiger partial charge in [-0.05, 0) is 41.7 Å². The number of amides is 1. The highest BCUT2D eigenvalue weighted by atomic mass is 19.1. The Hall–Kier alpha value is -2.69. The number of nitrogens with two attached hydrogens (primary N) is 1. The molecule has 2 rings (SSSR count). The number of hydrogen-bond acceptors (Lipinski definition) is 3. The van der Waals surface area contributed by atoms with Crippen LogP contribution in [-0.4, -0.2) is 18.5 Å². The van der Waals surface area contributed by atoms with Crippen molar-refractivity contribution in [3.63, 3.8) is 0 Å². The fourth-order valence-electron chi connectivity index (χ4n) is 2.32. The number of carbonyl (C=O) groups is 2. The number of carbonyl (C=O) groups excluding carboxylic acids is 2. The Morgan fingerprint density at radius 2 is 1.67 bits per heavy atom. The summed E-state index contributed by atoms with van der Waals surface area (Å²) in [5.41, 5.74) is 8.14. The van der Waals surface area contributed by atoms with E-state index in [0.29, 0.717) is 12.8 Å². The van der Waals surface area contributed by atoms with Gasteiger partial charge in [0.2, 0.25) is 5.91 Å². The molecule has 2 aromatic carbocycles. The number of ether oxygens (including phenoxy) is 1. The Balaban J connectivity index is 1.85. The standard InChI is InChI=1S/C19H20FNO3/c20-17-7-4-15(5-8-17)13-16-3-1-2-14(12-16)6-9-19(23)24-11-10-18(21)22/h1-5,7-8,12H,6,9-11,13H2,(H2,21,22). The van der Waals surface area contributed by atoms with E-state index < -0.39 is 5.91 Å². The van der Waals surface area contributed by atoms with Crippen LogP contribution in [0.25, 0.3) is 0 Å². The molecule has 1 amide bonds. The molecule has 2 N–H and O–H groups in total. The molecule has 126 valence electrons. The molecule has 0 aliphatic carbocycles. The zero-order valence-corrected chi connectivity index (χ0v) is 13.3. The molecule has 5 heteroatoms. The molecule has 0 aliphatic rings. The number of aryl methyl sites for hydroxylation is 1. The van der Waals surface area contributed by atoms with E-state index in [0.717, 1.165) is 16.7 Å². The van der Waals surface area contributed by atoms with E-state index in [2.05, 4.69) is 0 Å². The number of hydrogen-bond donors (Lipinski definition) is 1. The lowest BCUT2D eigenvalue weighted by Gasteiger charge is -2.06. The normalized spacial score (nSPS) is 10.4. The molecule has 0 saturated heterocycles. The lowest BCUT2D eigenvalue weighted by atomic mass is 10.0. The summed E-state index contributed by atoms with van der Waals surface area (Å²) in [6.07, 6.45) is 1.56. The first-order valence-corrected chi connectivity index (χ1v) is 7.79. The minimum Gasteiger partial charge on any atom is -0.465 e. The van der Waals surface area contributed by atoms with Crippen LogP contribution in [-0.2, 0) is 27.2 Å². The molecule has 2 aromatic rings. The third-order valence-electron chi connectivity index (χ3n) is 3.54. The number of rotatable bonds is 8. The quantitative estimate of drug-likeness (QED) is 0.757. The molecule has 0 unspecified atom stereocenters. The molecule has 0 radical (unpaired) electrons. The monoisotopic (exact) mass is 329 g/mol. The van der Waals surface area contributed by atoms with Crippen molar-refractivity contribution >= 4 is 11.9 Å². The smallest absolute Gasteiger partial charge is 0.306 e. The SMILES string of the molecule is NC(=O)CCOC(=O)CCc1cccc(Cc2ccc(F)cc2)c1. The Kier molecular flexibility index (Phi) is 6.49. The minimum atomic E-state index is -0.490. The fourth-order valence-corrected chi connectivity index (χ4v) is 2.32. The van der Waals surface area contributed by atoms with E-state index in [4.69, 9.17) is 10.5 Å². The molecular weight excluding hydrogens is 309 g/mol. The van der Waals surface area contributed by atoms with Crippen molar-refractivity contribution in [2.45, 2.75) is 25.7 Å². The van der Waals surface area contributed by atoms with Gasteiger partial charge in [-0.25, -0.2) is 4.39 Å². The molecule has 0 fully saturated rings. The average molecular weight is 329 g/mol. The van der Waals surface area contributed by atoms with Gasteiger partial charge in [0.25, 0.3) is 0 Å². The van der Waals surface area contributed by atoms with Gasteiger partial charge in [0, 0.05) is 6.42 Å². The van der Waals surface area contributed by atoms with E-state index in [-0.39, 0.29) is 31.2 Å². The largest absolute Gasteiger partial charge is 0.465 e. The molecule has 0 aromatic heterocycles. The minimum absolute atomic E-state index is 0.0266. The third kappa shape index (κ3) is 6.20.